The van der Waals surface area contributed by atoms with Gasteiger partial charge in [0.15, 0.2) is 15.7 Å². The number of carbonyl (C=O) groups is 1. The Kier molecular flexibility index (Phi) is 4.99. The van der Waals surface area contributed by atoms with E-state index in [4.69, 9.17) is 11.6 Å². The van der Waals surface area contributed by atoms with Crippen molar-refractivity contribution >= 4 is 44.5 Å². The molecule has 0 unspecified atom stereocenters. The Hall–Kier alpha value is -2.12. The molecule has 0 bridgehead atoms. The molecular formula is C14H14ClN3O3S. The van der Waals surface area contributed by atoms with Crippen molar-refractivity contribution in [3.8, 4) is 0 Å². The first kappa shape index (κ1) is 16.3. The van der Waals surface area contributed by atoms with E-state index in [2.05, 4.69) is 15.6 Å². The molecule has 2 aromatic rings. The molecule has 0 aliphatic rings. The van der Waals surface area contributed by atoms with Crippen molar-refractivity contribution in [3.05, 3.63) is 47.6 Å². The van der Waals surface area contributed by atoms with E-state index in [1.54, 1.807) is 42.6 Å². The Morgan fingerprint density at radius 3 is 2.55 bits per heavy atom. The standard InChI is InChI=1S/C14H14ClN3O3S/c1-22(20,21)9-13(19)18-12-3-2-8-16-14(12)17-11-6-4-10(15)5-7-11/h2-8H,9H2,1H3,(H,16,17)(H,18,19). The topological polar surface area (TPSA) is 88.2 Å². The van der Waals surface area contributed by atoms with Gasteiger partial charge in [-0.1, -0.05) is 11.6 Å². The van der Waals surface area contributed by atoms with Crippen LogP contribution in [0.5, 0.6) is 0 Å². The molecule has 0 atom stereocenters. The molecule has 1 aromatic carbocycles. The van der Waals surface area contributed by atoms with E-state index in [1.807, 2.05) is 0 Å². The molecular weight excluding hydrogens is 326 g/mol. The van der Waals surface area contributed by atoms with Crippen molar-refractivity contribution in [2.75, 3.05) is 22.6 Å². The van der Waals surface area contributed by atoms with Crippen molar-refractivity contribution in [2.45, 2.75) is 0 Å². The fraction of sp³-hybridized carbons (Fsp3) is 0.143. The number of sulfone groups is 1. The molecule has 0 fully saturated rings. The second kappa shape index (κ2) is 6.76. The summed E-state index contributed by atoms with van der Waals surface area (Å²) < 4.78 is 22.3. The number of hydrogen-bond donors (Lipinski definition) is 2. The SMILES string of the molecule is CS(=O)(=O)CC(=O)Nc1cccnc1Nc1ccc(Cl)cc1. The number of amides is 1. The first-order valence-corrected chi connectivity index (χ1v) is 8.72. The minimum absolute atomic E-state index is 0.395. The average Bonchev–Trinajstić information content (AvgIpc) is 2.41. The van der Waals surface area contributed by atoms with Crippen LogP contribution in [0, 0.1) is 0 Å². The van der Waals surface area contributed by atoms with Crippen molar-refractivity contribution in [3.63, 3.8) is 0 Å². The third-order valence-corrected chi connectivity index (χ3v) is 3.62. The highest BCUT2D eigenvalue weighted by Crippen LogP contribution is 2.23. The van der Waals surface area contributed by atoms with Crippen molar-refractivity contribution in [1.29, 1.82) is 0 Å². The summed E-state index contributed by atoms with van der Waals surface area (Å²) in [6.07, 6.45) is 2.56. The molecule has 0 aliphatic carbocycles. The van der Waals surface area contributed by atoms with Gasteiger partial charge in [0.05, 0.1) is 5.69 Å². The number of nitrogens with zero attached hydrogens (tertiary/aromatic N) is 1. The lowest BCUT2D eigenvalue weighted by Gasteiger charge is -2.11. The van der Waals surface area contributed by atoms with E-state index < -0.39 is 21.5 Å². The number of hydrogen-bond acceptors (Lipinski definition) is 5. The molecule has 0 saturated heterocycles. The van der Waals surface area contributed by atoms with Crippen LogP contribution < -0.4 is 10.6 Å². The highest BCUT2D eigenvalue weighted by atomic mass is 35.5. The summed E-state index contributed by atoms with van der Waals surface area (Å²) in [4.78, 5) is 15.9. The first-order valence-electron chi connectivity index (χ1n) is 6.29. The summed E-state index contributed by atoms with van der Waals surface area (Å²) in [5.74, 6) is -0.788. The Bertz CT molecular complexity index is 776. The average molecular weight is 340 g/mol. The molecule has 22 heavy (non-hydrogen) atoms. The molecule has 1 heterocycles. The zero-order valence-corrected chi connectivity index (χ0v) is 13.3. The molecule has 0 spiro atoms. The predicted molar refractivity (Wildman–Crippen MR) is 87.3 cm³/mol. The van der Waals surface area contributed by atoms with E-state index in [0.717, 1.165) is 11.9 Å². The maximum atomic E-state index is 11.7. The van der Waals surface area contributed by atoms with Gasteiger partial charge in [-0.15, -0.1) is 0 Å². The number of pyridine rings is 1. The van der Waals surface area contributed by atoms with Gasteiger partial charge in [0.1, 0.15) is 5.75 Å². The highest BCUT2D eigenvalue weighted by Gasteiger charge is 2.13. The van der Waals surface area contributed by atoms with Gasteiger partial charge in [-0.05, 0) is 36.4 Å². The monoisotopic (exact) mass is 339 g/mol. The first-order chi connectivity index (χ1) is 10.3. The Morgan fingerprint density at radius 1 is 1.23 bits per heavy atom. The van der Waals surface area contributed by atoms with Gasteiger partial charge in [-0.25, -0.2) is 13.4 Å². The molecule has 2 rings (SSSR count). The molecule has 1 amide bonds. The largest absolute Gasteiger partial charge is 0.338 e. The predicted octanol–water partition coefficient (Wildman–Crippen LogP) is 2.46. The highest BCUT2D eigenvalue weighted by molar-refractivity contribution is 7.91. The molecule has 0 radical (unpaired) electrons. The van der Waals surface area contributed by atoms with Gasteiger partial charge in [-0.3, -0.25) is 4.79 Å². The molecule has 8 heteroatoms. The summed E-state index contributed by atoms with van der Waals surface area (Å²) in [6, 6.07) is 10.2. The number of halogens is 1. The summed E-state index contributed by atoms with van der Waals surface area (Å²) in [5.41, 5.74) is 1.13. The second-order valence-electron chi connectivity index (χ2n) is 4.65. The third-order valence-electron chi connectivity index (χ3n) is 2.58. The summed E-state index contributed by atoms with van der Waals surface area (Å²) in [5, 5.41) is 6.17. The summed E-state index contributed by atoms with van der Waals surface area (Å²) in [6.45, 7) is 0. The summed E-state index contributed by atoms with van der Waals surface area (Å²) in [7, 11) is -3.39. The van der Waals surface area contributed by atoms with Gasteiger partial charge < -0.3 is 10.6 Å². The van der Waals surface area contributed by atoms with E-state index in [0.29, 0.717) is 16.5 Å². The number of carbonyl (C=O) groups excluding carboxylic acids is 1. The van der Waals surface area contributed by atoms with Crippen LogP contribution in [0.15, 0.2) is 42.6 Å². The molecule has 0 saturated carbocycles. The van der Waals surface area contributed by atoms with Gasteiger partial charge in [0.2, 0.25) is 5.91 Å². The van der Waals surface area contributed by atoms with Crippen LogP contribution >= 0.6 is 11.6 Å². The number of nitrogens with one attached hydrogen (secondary N) is 2. The zero-order valence-electron chi connectivity index (χ0n) is 11.7. The molecule has 6 nitrogen and oxygen atoms in total. The van der Waals surface area contributed by atoms with E-state index in [1.165, 1.54) is 0 Å². The van der Waals surface area contributed by atoms with E-state index in [9.17, 15) is 13.2 Å². The zero-order chi connectivity index (χ0) is 16.2. The number of anilines is 3. The number of rotatable bonds is 5. The van der Waals surface area contributed by atoms with Crippen LogP contribution in [-0.2, 0) is 14.6 Å². The van der Waals surface area contributed by atoms with Crippen molar-refractivity contribution in [2.24, 2.45) is 0 Å². The van der Waals surface area contributed by atoms with Crippen LogP contribution in [0.25, 0.3) is 0 Å². The maximum Gasteiger partial charge on any atom is 0.239 e. The molecule has 2 N–H and O–H groups in total. The number of aromatic nitrogens is 1. The maximum absolute atomic E-state index is 11.7. The minimum atomic E-state index is -3.39. The lowest BCUT2D eigenvalue weighted by atomic mass is 10.3. The van der Waals surface area contributed by atoms with Crippen LogP contribution in [-0.4, -0.2) is 31.3 Å². The lowest BCUT2D eigenvalue weighted by Crippen LogP contribution is -2.22. The van der Waals surface area contributed by atoms with Crippen LogP contribution in [0.4, 0.5) is 17.2 Å². The van der Waals surface area contributed by atoms with Crippen LogP contribution in [0.2, 0.25) is 5.02 Å². The Morgan fingerprint density at radius 2 is 1.91 bits per heavy atom. The molecule has 116 valence electrons. The fourth-order valence-corrected chi connectivity index (χ4v) is 2.37. The molecule has 0 aliphatic heterocycles. The van der Waals surface area contributed by atoms with Crippen molar-refractivity contribution < 1.29 is 13.2 Å². The smallest absolute Gasteiger partial charge is 0.239 e. The second-order valence-corrected chi connectivity index (χ2v) is 7.23. The fourth-order valence-electron chi connectivity index (χ4n) is 1.70. The normalized spacial score (nSPS) is 11.0. The van der Waals surface area contributed by atoms with Crippen LogP contribution in [0.1, 0.15) is 0 Å². The van der Waals surface area contributed by atoms with Gasteiger partial charge >= 0.3 is 0 Å². The quantitative estimate of drug-likeness (QED) is 0.873. The minimum Gasteiger partial charge on any atom is -0.338 e. The van der Waals surface area contributed by atoms with Gasteiger partial charge in [-0.2, -0.15) is 0 Å². The van der Waals surface area contributed by atoms with Gasteiger partial charge in [0.25, 0.3) is 0 Å². The van der Waals surface area contributed by atoms with Gasteiger partial charge in [0, 0.05) is 23.2 Å². The third kappa shape index (κ3) is 5.01. The summed E-state index contributed by atoms with van der Waals surface area (Å²) >= 11 is 5.82. The number of benzene rings is 1. The van der Waals surface area contributed by atoms with Crippen molar-refractivity contribution in [1.82, 2.24) is 4.98 Å². The van der Waals surface area contributed by atoms with E-state index in [-0.39, 0.29) is 0 Å². The van der Waals surface area contributed by atoms with E-state index >= 15 is 0 Å². The molecule has 1 aromatic heterocycles. The lowest BCUT2D eigenvalue weighted by molar-refractivity contribution is -0.113. The van der Waals surface area contributed by atoms with Crippen LogP contribution in [0.3, 0.4) is 0 Å². The Labute approximate surface area is 133 Å². The Balaban J connectivity index is 2.16.